The van der Waals surface area contributed by atoms with Gasteiger partial charge in [0.05, 0.1) is 17.1 Å². The number of benzene rings is 1. The number of carbonyl (C=O) groups is 1. The van der Waals surface area contributed by atoms with Gasteiger partial charge in [-0.2, -0.15) is 0 Å². The van der Waals surface area contributed by atoms with E-state index in [0.717, 1.165) is 57.0 Å². The van der Waals surface area contributed by atoms with Crippen LogP contribution in [0.25, 0.3) is 11.0 Å². The van der Waals surface area contributed by atoms with Crippen molar-refractivity contribution in [3.63, 3.8) is 0 Å². The zero-order valence-corrected chi connectivity index (χ0v) is 21.6. The Kier molecular flexibility index (Phi) is 6.99. The number of alkyl carbamates (subject to hydrolysis) is 1. The van der Waals surface area contributed by atoms with E-state index < -0.39 is 5.60 Å². The van der Waals surface area contributed by atoms with Crippen molar-refractivity contribution >= 4 is 29.1 Å². The summed E-state index contributed by atoms with van der Waals surface area (Å²) in [5, 5.41) is 2.94. The van der Waals surface area contributed by atoms with Gasteiger partial charge in [0.15, 0.2) is 0 Å². The van der Waals surface area contributed by atoms with Crippen LogP contribution in [0.5, 0.6) is 0 Å². The summed E-state index contributed by atoms with van der Waals surface area (Å²) in [7, 11) is 0. The summed E-state index contributed by atoms with van der Waals surface area (Å²) in [6.45, 7) is 16.7. The van der Waals surface area contributed by atoms with E-state index in [1.54, 1.807) is 11.9 Å². The van der Waals surface area contributed by atoms with E-state index in [9.17, 15) is 4.79 Å². The number of rotatable bonds is 5. The number of fused-ring (bicyclic) bond motifs is 1. The highest BCUT2D eigenvalue weighted by Crippen LogP contribution is 2.33. The monoisotopic (exact) mass is 474 g/mol. The van der Waals surface area contributed by atoms with Crippen LogP contribution in [0.1, 0.15) is 60.2 Å². The lowest BCUT2D eigenvalue weighted by atomic mass is 9.94. The Bertz CT molecular complexity index is 980. The van der Waals surface area contributed by atoms with Gasteiger partial charge in [-0.15, -0.1) is 0 Å². The molecule has 8 heteroatoms. The molecule has 0 saturated carbocycles. The van der Waals surface area contributed by atoms with E-state index in [2.05, 4.69) is 53.2 Å². The van der Waals surface area contributed by atoms with Gasteiger partial charge in [-0.1, -0.05) is 20.8 Å². The minimum Gasteiger partial charge on any atom is -0.444 e. The van der Waals surface area contributed by atoms with Crippen molar-refractivity contribution in [1.82, 2.24) is 19.2 Å². The number of amides is 1. The molecule has 2 aliphatic rings. The van der Waals surface area contributed by atoms with Gasteiger partial charge in [-0.05, 0) is 69.7 Å². The zero-order valence-electron chi connectivity index (χ0n) is 20.8. The molecule has 2 fully saturated rings. The summed E-state index contributed by atoms with van der Waals surface area (Å²) in [5.41, 5.74) is 1.78. The second-order valence-electron chi connectivity index (χ2n) is 11.3. The molecule has 7 nitrogen and oxygen atoms in total. The maximum atomic E-state index is 12.0. The smallest absolute Gasteiger partial charge is 0.407 e. The van der Waals surface area contributed by atoms with Crippen molar-refractivity contribution in [3.05, 3.63) is 24.0 Å². The second kappa shape index (κ2) is 9.47. The van der Waals surface area contributed by atoms with E-state index in [-0.39, 0.29) is 17.6 Å². The van der Waals surface area contributed by atoms with Gasteiger partial charge >= 0.3 is 6.09 Å². The number of hydrogen-bond donors (Lipinski definition) is 1. The van der Waals surface area contributed by atoms with Crippen LogP contribution in [0.4, 0.5) is 4.79 Å². The first-order valence-electron chi connectivity index (χ1n) is 12.0. The number of nitrogens with zero attached hydrogens (tertiary/aromatic N) is 3. The fraction of sp³-hybridized carbons (Fsp3) is 0.680. The topological polar surface area (TPSA) is 68.6 Å². The minimum atomic E-state index is -0.474. The van der Waals surface area contributed by atoms with Crippen molar-refractivity contribution in [2.75, 3.05) is 26.3 Å². The minimum absolute atomic E-state index is 0.0183. The number of nitrogens with one attached hydrogen (secondary N) is 1. The molecule has 1 aromatic heterocycles. The van der Waals surface area contributed by atoms with Gasteiger partial charge in [0.25, 0.3) is 0 Å². The highest BCUT2D eigenvalue weighted by Gasteiger charge is 2.31. The lowest BCUT2D eigenvalue weighted by Crippen LogP contribution is -2.57. The maximum absolute atomic E-state index is 12.0. The number of carbonyl (C=O) groups excluding carboxylic acids is 1. The Labute approximate surface area is 201 Å². The van der Waals surface area contributed by atoms with Gasteiger partial charge in [0, 0.05) is 43.2 Å². The molecule has 0 atom stereocenters. The first-order chi connectivity index (χ1) is 15.5. The fourth-order valence-corrected chi connectivity index (χ4v) is 5.44. The molecule has 0 unspecified atom stereocenters. The summed E-state index contributed by atoms with van der Waals surface area (Å²) in [6.07, 6.45) is 1.89. The number of hydrogen-bond acceptors (Lipinski definition) is 6. The number of ether oxygens (including phenoxy) is 2. The third-order valence-electron chi connectivity index (χ3n) is 5.98. The molecule has 0 spiro atoms. The highest BCUT2D eigenvalue weighted by molar-refractivity contribution is 7.97. The Balaban J connectivity index is 1.42. The SMILES string of the molecule is CC(C)(C)OC(=O)NC1CN(Sc2ccc3c(c2)nc(C(C)(C)C)n3CC2CCOCC2)C1. The largest absolute Gasteiger partial charge is 0.444 e. The zero-order chi connectivity index (χ0) is 23.8. The second-order valence-corrected chi connectivity index (χ2v) is 12.5. The predicted molar refractivity (Wildman–Crippen MR) is 133 cm³/mol. The summed E-state index contributed by atoms with van der Waals surface area (Å²) >= 11 is 1.72. The average Bonchev–Trinajstić information content (AvgIpc) is 3.04. The van der Waals surface area contributed by atoms with E-state index in [0.29, 0.717) is 5.92 Å². The van der Waals surface area contributed by atoms with Crippen LogP contribution >= 0.6 is 11.9 Å². The molecule has 1 aromatic carbocycles. The van der Waals surface area contributed by atoms with E-state index >= 15 is 0 Å². The molecule has 0 aliphatic carbocycles. The normalized spacial score (nSPS) is 19.0. The molecule has 33 heavy (non-hydrogen) atoms. The number of imidazole rings is 1. The van der Waals surface area contributed by atoms with Gasteiger partial charge in [-0.3, -0.25) is 0 Å². The molecule has 4 rings (SSSR count). The lowest BCUT2D eigenvalue weighted by molar-refractivity contribution is 0.0464. The van der Waals surface area contributed by atoms with Crippen LogP contribution in [0.3, 0.4) is 0 Å². The van der Waals surface area contributed by atoms with E-state index in [1.165, 1.54) is 10.4 Å². The third-order valence-corrected chi connectivity index (χ3v) is 7.00. The molecule has 3 heterocycles. The third kappa shape index (κ3) is 6.22. The molecule has 1 amide bonds. The molecular weight excluding hydrogens is 436 g/mol. The van der Waals surface area contributed by atoms with Crippen molar-refractivity contribution in [2.24, 2.45) is 5.92 Å². The molecule has 2 aliphatic heterocycles. The summed E-state index contributed by atoms with van der Waals surface area (Å²) in [4.78, 5) is 18.2. The van der Waals surface area contributed by atoms with Crippen LogP contribution in [0.15, 0.2) is 23.1 Å². The standard InChI is InChI=1S/C25H38N4O3S/c1-24(2,3)22-27-20-13-19(7-8-21(20)29(22)14-17-9-11-31-12-10-17)33-28-15-18(16-28)26-23(30)32-25(4,5)6/h7-8,13,17-18H,9-12,14-16H2,1-6H3,(H,26,30). The van der Waals surface area contributed by atoms with Crippen LogP contribution < -0.4 is 5.32 Å². The van der Waals surface area contributed by atoms with E-state index in [4.69, 9.17) is 14.5 Å². The Morgan fingerprint density at radius 3 is 2.52 bits per heavy atom. The van der Waals surface area contributed by atoms with Gasteiger partial charge in [0.1, 0.15) is 11.4 Å². The molecular formula is C25H38N4O3S. The molecule has 0 bridgehead atoms. The Morgan fingerprint density at radius 2 is 1.88 bits per heavy atom. The van der Waals surface area contributed by atoms with Gasteiger partial charge < -0.3 is 19.4 Å². The highest BCUT2D eigenvalue weighted by atomic mass is 32.2. The average molecular weight is 475 g/mol. The molecule has 2 aromatic rings. The van der Waals surface area contributed by atoms with Crippen LogP contribution in [0, 0.1) is 5.92 Å². The Hall–Kier alpha value is -1.77. The van der Waals surface area contributed by atoms with Crippen molar-refractivity contribution in [3.8, 4) is 0 Å². The van der Waals surface area contributed by atoms with Crippen LogP contribution in [-0.4, -0.2) is 57.9 Å². The number of aromatic nitrogens is 2. The van der Waals surface area contributed by atoms with Crippen molar-refractivity contribution < 1.29 is 14.3 Å². The van der Waals surface area contributed by atoms with Crippen molar-refractivity contribution in [1.29, 1.82) is 0 Å². The molecule has 182 valence electrons. The van der Waals surface area contributed by atoms with Crippen LogP contribution in [-0.2, 0) is 21.4 Å². The summed E-state index contributed by atoms with van der Waals surface area (Å²) < 4.78 is 15.6. The maximum Gasteiger partial charge on any atom is 0.407 e. The first kappa shape index (κ1) is 24.4. The van der Waals surface area contributed by atoms with Crippen molar-refractivity contribution in [2.45, 2.75) is 82.9 Å². The summed E-state index contributed by atoms with van der Waals surface area (Å²) in [6, 6.07) is 6.73. The van der Waals surface area contributed by atoms with Gasteiger partial charge in [-0.25, -0.2) is 14.1 Å². The lowest BCUT2D eigenvalue weighted by Gasteiger charge is -2.38. The van der Waals surface area contributed by atoms with E-state index in [1.807, 2.05) is 20.8 Å². The van der Waals surface area contributed by atoms with Crippen LogP contribution in [0.2, 0.25) is 0 Å². The first-order valence-corrected chi connectivity index (χ1v) is 12.8. The Morgan fingerprint density at radius 1 is 1.18 bits per heavy atom. The van der Waals surface area contributed by atoms with Gasteiger partial charge in [0.2, 0.25) is 0 Å². The quantitative estimate of drug-likeness (QED) is 0.617. The molecule has 2 saturated heterocycles. The summed E-state index contributed by atoms with van der Waals surface area (Å²) in [5.74, 6) is 1.79. The fourth-order valence-electron chi connectivity index (χ4n) is 4.34. The molecule has 0 radical (unpaired) electrons. The molecule has 1 N–H and O–H groups in total. The predicted octanol–water partition coefficient (Wildman–Crippen LogP) is 4.98.